The van der Waals surface area contributed by atoms with Crippen LogP contribution in [0.5, 0.6) is 5.75 Å². The molecule has 4 atom stereocenters. The number of carbonyl (C=O) groups is 2. The number of hydrogen-bond acceptors (Lipinski definition) is 5. The molecule has 1 aromatic heterocycles. The molecule has 8 heteroatoms. The summed E-state index contributed by atoms with van der Waals surface area (Å²) in [5, 5.41) is 10.3. The van der Waals surface area contributed by atoms with Gasteiger partial charge in [0.1, 0.15) is 11.8 Å². The van der Waals surface area contributed by atoms with Crippen molar-refractivity contribution in [2.45, 2.75) is 31.5 Å². The largest absolute Gasteiger partial charge is 0.497 e. The van der Waals surface area contributed by atoms with E-state index in [4.69, 9.17) is 4.74 Å². The number of likely N-dealkylation sites (N-methyl/N-ethyl adjacent to an activating group) is 1. The number of carbonyl (C=O) groups excluding carboxylic acids is 2. The summed E-state index contributed by atoms with van der Waals surface area (Å²) >= 11 is 0. The fourth-order valence-corrected chi connectivity index (χ4v) is 5.53. The molecule has 1 N–H and O–H groups in total. The van der Waals surface area contributed by atoms with Crippen LogP contribution in [0.1, 0.15) is 24.6 Å². The number of nitrogens with zero attached hydrogens (tertiary/aromatic N) is 3. The average Bonchev–Trinajstić information content (AvgIpc) is 3.53. The molecule has 1 aliphatic carbocycles. The van der Waals surface area contributed by atoms with Gasteiger partial charge in [-0.3, -0.25) is 14.4 Å². The van der Waals surface area contributed by atoms with Crippen molar-refractivity contribution in [3.8, 4) is 16.9 Å². The number of aliphatic hydroxyl groups is 1. The third-order valence-corrected chi connectivity index (χ3v) is 7.33. The molecule has 5 rings (SSSR count). The van der Waals surface area contributed by atoms with Crippen LogP contribution in [0, 0.1) is 17.8 Å². The molecule has 174 valence electrons. The molecule has 0 unspecified atom stereocenters. The Morgan fingerprint density at radius 1 is 1.18 bits per heavy atom. The number of likely N-dealkylation sites (tertiary alicyclic amines) is 1. The normalized spacial score (nSPS) is 25.5. The minimum absolute atomic E-state index is 0.0427. The van der Waals surface area contributed by atoms with Crippen LogP contribution < -0.4 is 10.3 Å². The van der Waals surface area contributed by atoms with Gasteiger partial charge in [0, 0.05) is 56.3 Å². The van der Waals surface area contributed by atoms with Gasteiger partial charge in [0.25, 0.3) is 5.56 Å². The van der Waals surface area contributed by atoms with Crippen LogP contribution in [0.3, 0.4) is 0 Å². The Labute approximate surface area is 192 Å². The fourth-order valence-electron chi connectivity index (χ4n) is 5.53. The Hall–Kier alpha value is -3.13. The minimum Gasteiger partial charge on any atom is -0.497 e. The summed E-state index contributed by atoms with van der Waals surface area (Å²) in [4.78, 5) is 43.2. The molecule has 3 aliphatic rings. The second-order valence-electron chi connectivity index (χ2n) is 9.47. The van der Waals surface area contributed by atoms with Crippen molar-refractivity contribution in [3.63, 3.8) is 0 Å². The Kier molecular flexibility index (Phi) is 5.28. The molecule has 2 amide bonds. The van der Waals surface area contributed by atoms with Gasteiger partial charge in [-0.25, -0.2) is 0 Å². The van der Waals surface area contributed by atoms with E-state index in [-0.39, 0.29) is 35.8 Å². The van der Waals surface area contributed by atoms with Crippen LogP contribution in [0.2, 0.25) is 0 Å². The second kappa shape index (κ2) is 8.02. The Morgan fingerprint density at radius 2 is 1.94 bits per heavy atom. The Bertz CT molecular complexity index is 1170. The van der Waals surface area contributed by atoms with Gasteiger partial charge >= 0.3 is 0 Å². The lowest BCUT2D eigenvalue weighted by Crippen LogP contribution is -2.50. The van der Waals surface area contributed by atoms with Crippen molar-refractivity contribution in [1.29, 1.82) is 0 Å². The first-order chi connectivity index (χ1) is 15.9. The van der Waals surface area contributed by atoms with Crippen LogP contribution in [0.15, 0.2) is 41.2 Å². The Morgan fingerprint density at radius 3 is 2.58 bits per heavy atom. The number of ether oxygens (including phenoxy) is 1. The van der Waals surface area contributed by atoms with E-state index < -0.39 is 18.0 Å². The molecule has 2 aliphatic heterocycles. The standard InChI is InChI=1S/C25H29N3O5/c1-26(2)25(32)22-19(13-29)18-12-27-20(21(18)28(22)23(30)14-7-8-14)10-9-17(24(27)31)15-5-4-6-16(11-15)33-3/h4-6,9-11,14,18-19,21-22,29H,7-8,12-13H2,1-3H3/t18-,19-,21+,22-/m0/s1. The highest BCUT2D eigenvalue weighted by atomic mass is 16.5. The summed E-state index contributed by atoms with van der Waals surface area (Å²) in [6.07, 6.45) is 1.64. The van der Waals surface area contributed by atoms with Crippen molar-refractivity contribution in [1.82, 2.24) is 14.4 Å². The molecular weight excluding hydrogens is 422 g/mol. The number of aliphatic hydroxyl groups excluding tert-OH is 1. The maximum absolute atomic E-state index is 13.5. The second-order valence-corrected chi connectivity index (χ2v) is 9.47. The summed E-state index contributed by atoms with van der Waals surface area (Å²) < 4.78 is 7.02. The summed E-state index contributed by atoms with van der Waals surface area (Å²) in [5.41, 5.74) is 1.91. The van der Waals surface area contributed by atoms with E-state index in [2.05, 4.69) is 0 Å². The van der Waals surface area contributed by atoms with Gasteiger partial charge in [0.2, 0.25) is 11.8 Å². The Balaban J connectivity index is 1.60. The lowest BCUT2D eigenvalue weighted by molar-refractivity contribution is -0.146. The molecule has 1 saturated carbocycles. The summed E-state index contributed by atoms with van der Waals surface area (Å²) in [5.74, 6) is -0.247. The van der Waals surface area contributed by atoms with Crippen molar-refractivity contribution >= 4 is 11.8 Å². The highest BCUT2D eigenvalue weighted by Crippen LogP contribution is 2.51. The highest BCUT2D eigenvalue weighted by molar-refractivity contribution is 5.90. The third kappa shape index (κ3) is 3.35. The minimum atomic E-state index is -0.713. The van der Waals surface area contributed by atoms with Crippen LogP contribution in [-0.4, -0.2) is 65.1 Å². The monoisotopic (exact) mass is 451 g/mol. The van der Waals surface area contributed by atoms with E-state index >= 15 is 0 Å². The van der Waals surface area contributed by atoms with Gasteiger partial charge in [0.15, 0.2) is 0 Å². The maximum Gasteiger partial charge on any atom is 0.258 e. The zero-order chi connectivity index (χ0) is 23.4. The van der Waals surface area contributed by atoms with Gasteiger partial charge in [-0.15, -0.1) is 0 Å². The summed E-state index contributed by atoms with van der Waals surface area (Å²) in [7, 11) is 4.93. The van der Waals surface area contributed by atoms with Crippen molar-refractivity contribution in [2.24, 2.45) is 17.8 Å². The SMILES string of the molecule is COc1cccc(-c2ccc3n(c2=O)C[C@H]2[C@H](CO)[C@@H](C(=O)N(C)C)N(C(=O)C4CC4)[C@@H]32)c1. The van der Waals surface area contributed by atoms with E-state index in [0.29, 0.717) is 17.9 Å². The first kappa shape index (κ1) is 21.7. The van der Waals surface area contributed by atoms with E-state index in [1.807, 2.05) is 30.3 Å². The van der Waals surface area contributed by atoms with Crippen LogP contribution in [-0.2, 0) is 16.1 Å². The van der Waals surface area contributed by atoms with E-state index in [1.54, 1.807) is 36.7 Å². The first-order valence-electron chi connectivity index (χ1n) is 11.4. The maximum atomic E-state index is 13.5. The summed E-state index contributed by atoms with van der Waals surface area (Å²) in [6.45, 7) is 0.152. The number of benzene rings is 1. The zero-order valence-electron chi connectivity index (χ0n) is 19.1. The summed E-state index contributed by atoms with van der Waals surface area (Å²) in [6, 6.07) is 9.94. The number of amides is 2. The zero-order valence-corrected chi connectivity index (χ0v) is 19.1. The van der Waals surface area contributed by atoms with Gasteiger partial charge in [-0.2, -0.15) is 0 Å². The first-order valence-corrected chi connectivity index (χ1v) is 11.4. The van der Waals surface area contributed by atoms with Gasteiger partial charge < -0.3 is 24.2 Å². The van der Waals surface area contributed by atoms with Crippen molar-refractivity contribution in [3.05, 3.63) is 52.4 Å². The average molecular weight is 452 g/mol. The molecule has 0 bridgehead atoms. The predicted octanol–water partition coefficient (Wildman–Crippen LogP) is 1.51. The lowest BCUT2D eigenvalue weighted by Gasteiger charge is -2.32. The number of methoxy groups -OCH3 is 1. The number of rotatable bonds is 5. The molecular formula is C25H29N3O5. The molecule has 8 nitrogen and oxygen atoms in total. The quantitative estimate of drug-likeness (QED) is 0.744. The topological polar surface area (TPSA) is 92.1 Å². The van der Waals surface area contributed by atoms with Crippen LogP contribution in [0.4, 0.5) is 0 Å². The molecule has 3 heterocycles. The van der Waals surface area contributed by atoms with Crippen molar-refractivity contribution in [2.75, 3.05) is 27.8 Å². The van der Waals surface area contributed by atoms with Crippen LogP contribution in [0.25, 0.3) is 11.1 Å². The number of hydrogen-bond donors (Lipinski definition) is 1. The van der Waals surface area contributed by atoms with Gasteiger partial charge in [-0.1, -0.05) is 12.1 Å². The van der Waals surface area contributed by atoms with Crippen molar-refractivity contribution < 1.29 is 19.4 Å². The van der Waals surface area contributed by atoms with Gasteiger partial charge in [0.05, 0.1) is 13.2 Å². The predicted molar refractivity (Wildman–Crippen MR) is 122 cm³/mol. The van der Waals surface area contributed by atoms with Crippen LogP contribution >= 0.6 is 0 Å². The highest BCUT2D eigenvalue weighted by Gasteiger charge is 2.59. The molecule has 2 fully saturated rings. The molecule has 0 radical (unpaired) electrons. The third-order valence-electron chi connectivity index (χ3n) is 7.33. The molecule has 33 heavy (non-hydrogen) atoms. The molecule has 1 aromatic carbocycles. The van der Waals surface area contributed by atoms with E-state index in [0.717, 1.165) is 24.1 Å². The molecule has 1 saturated heterocycles. The number of pyridine rings is 1. The van der Waals surface area contributed by atoms with E-state index in [1.165, 1.54) is 4.90 Å². The molecule has 0 spiro atoms. The van der Waals surface area contributed by atoms with E-state index in [9.17, 15) is 19.5 Å². The lowest BCUT2D eigenvalue weighted by atomic mass is 9.88. The fraction of sp³-hybridized carbons (Fsp3) is 0.480. The number of aromatic nitrogens is 1. The molecule has 2 aromatic rings. The number of fused-ring (bicyclic) bond motifs is 3. The smallest absolute Gasteiger partial charge is 0.258 e. The van der Waals surface area contributed by atoms with Gasteiger partial charge in [-0.05, 0) is 42.7 Å².